The molecule has 0 spiro atoms. The molecule has 1 heterocycles. The number of nitrogens with one attached hydrogen (secondary N) is 1. The zero-order valence-electron chi connectivity index (χ0n) is 20.1. The van der Waals surface area contributed by atoms with Gasteiger partial charge in [0.15, 0.2) is 6.29 Å². The van der Waals surface area contributed by atoms with Crippen molar-refractivity contribution in [2.75, 3.05) is 0 Å². The Morgan fingerprint density at radius 2 is 1.91 bits per heavy atom. The fourth-order valence-electron chi connectivity index (χ4n) is 4.51. The molecule has 1 aromatic heterocycles. The molecule has 5 N–H and O–H groups in total. The van der Waals surface area contributed by atoms with Crippen molar-refractivity contribution in [3.8, 4) is 0 Å². The van der Waals surface area contributed by atoms with E-state index in [0.29, 0.717) is 23.8 Å². The Balaban J connectivity index is 1.68. The third kappa shape index (κ3) is 5.01. The minimum atomic E-state index is 0.462. The van der Waals surface area contributed by atoms with Crippen LogP contribution >= 0.6 is 0 Å². The molecule has 0 bridgehead atoms. The molecule has 0 amide bonds. The van der Waals surface area contributed by atoms with Crippen LogP contribution in [0.25, 0.3) is 11.1 Å². The molecular formula is C29H32N5O+. The van der Waals surface area contributed by atoms with Gasteiger partial charge in [0.05, 0.1) is 11.3 Å². The lowest BCUT2D eigenvalue weighted by molar-refractivity contribution is -0.469. The monoisotopic (exact) mass is 466 g/mol. The number of hydrogen-bond acceptors (Lipinski definition) is 3. The molecule has 2 aromatic carbocycles. The minimum Gasteiger partial charge on any atom is -0.321 e. The van der Waals surface area contributed by atoms with Gasteiger partial charge in [-0.1, -0.05) is 80.3 Å². The first kappa shape index (κ1) is 24.0. The van der Waals surface area contributed by atoms with Gasteiger partial charge in [-0.15, -0.1) is 0 Å². The van der Waals surface area contributed by atoms with Crippen LogP contribution in [0.5, 0.6) is 0 Å². The maximum Gasteiger partial charge on any atom is 0.295 e. The molecule has 3 aromatic rings. The van der Waals surface area contributed by atoms with Gasteiger partial charge < -0.3 is 4.57 Å². The summed E-state index contributed by atoms with van der Waals surface area (Å²) in [6.07, 6.45) is 8.60. The van der Waals surface area contributed by atoms with Gasteiger partial charge in [-0.2, -0.15) is 5.10 Å². The molecular weight excluding hydrogens is 434 g/mol. The highest BCUT2D eigenvalue weighted by atomic mass is 16.1. The Morgan fingerprint density at radius 3 is 2.57 bits per heavy atom. The molecule has 1 aliphatic carbocycles. The summed E-state index contributed by atoms with van der Waals surface area (Å²) in [5, 5.41) is 2.57. The maximum atomic E-state index is 12.2. The zero-order valence-corrected chi connectivity index (χ0v) is 20.1. The highest BCUT2D eigenvalue weighted by molar-refractivity contribution is 6.03. The van der Waals surface area contributed by atoms with Crippen LogP contribution in [0.4, 0.5) is 0 Å². The third-order valence-electron chi connectivity index (χ3n) is 6.34. The van der Waals surface area contributed by atoms with Crippen LogP contribution < -0.4 is 16.7 Å². The maximum absolute atomic E-state index is 12.2. The molecule has 6 heteroatoms. The van der Waals surface area contributed by atoms with Crippen LogP contribution in [-0.2, 0) is 13.0 Å². The highest BCUT2D eigenvalue weighted by Crippen LogP contribution is 2.29. The van der Waals surface area contributed by atoms with Crippen molar-refractivity contribution < 1.29 is 9.90 Å². The number of allylic oxidation sites excluding steroid dienone is 2. The molecule has 6 nitrogen and oxygen atoms in total. The first-order valence-corrected chi connectivity index (χ1v) is 11.9. The van der Waals surface area contributed by atoms with Crippen molar-refractivity contribution in [3.63, 3.8) is 0 Å². The van der Waals surface area contributed by atoms with E-state index in [9.17, 15) is 4.79 Å². The SMILES string of the molecule is C=C(c1ccccc1)c1nc(CCC)n(Cc2ccc(C3=C(C(N)=[NH+]N)C=CCC3)cc2)c1C=O. The van der Waals surface area contributed by atoms with Crippen LogP contribution in [-0.4, -0.2) is 21.7 Å². The molecule has 35 heavy (non-hydrogen) atoms. The summed E-state index contributed by atoms with van der Waals surface area (Å²) in [5.74, 6) is 6.91. The number of nitrogens with zero attached hydrogens (tertiary/aromatic N) is 2. The molecule has 0 radical (unpaired) electrons. The number of imidazole rings is 1. The number of amidine groups is 1. The number of carbonyl (C=O) groups excluding carboxylic acids is 1. The van der Waals surface area contributed by atoms with E-state index in [1.54, 1.807) is 0 Å². The summed E-state index contributed by atoms with van der Waals surface area (Å²) >= 11 is 0. The first-order chi connectivity index (χ1) is 17.1. The Labute approximate surface area is 206 Å². The third-order valence-corrected chi connectivity index (χ3v) is 6.34. The molecule has 0 fully saturated rings. The van der Waals surface area contributed by atoms with Crippen LogP contribution in [0, 0.1) is 0 Å². The Morgan fingerprint density at radius 1 is 1.17 bits per heavy atom. The first-order valence-electron chi connectivity index (χ1n) is 11.9. The van der Waals surface area contributed by atoms with Crippen molar-refractivity contribution in [2.24, 2.45) is 11.6 Å². The van der Waals surface area contributed by atoms with Gasteiger partial charge in [0.2, 0.25) is 0 Å². The molecule has 0 unspecified atom stereocenters. The van der Waals surface area contributed by atoms with E-state index in [1.165, 1.54) is 5.57 Å². The van der Waals surface area contributed by atoms with Gasteiger partial charge in [-0.25, -0.2) is 4.98 Å². The molecule has 178 valence electrons. The number of aldehydes is 1. The van der Waals surface area contributed by atoms with Gasteiger partial charge in [-0.05, 0) is 41.5 Å². The molecule has 1 aliphatic rings. The quantitative estimate of drug-likeness (QED) is 0.148. The topological polar surface area (TPSA) is 101 Å². The molecule has 0 aliphatic heterocycles. The predicted octanol–water partition coefficient (Wildman–Crippen LogP) is 3.17. The van der Waals surface area contributed by atoms with E-state index < -0.39 is 0 Å². The predicted molar refractivity (Wildman–Crippen MR) is 141 cm³/mol. The number of aryl methyl sites for hydroxylation is 1. The molecule has 0 atom stereocenters. The van der Waals surface area contributed by atoms with Gasteiger partial charge >= 0.3 is 0 Å². The second kappa shape index (κ2) is 10.8. The van der Waals surface area contributed by atoms with Crippen molar-refractivity contribution in [1.29, 1.82) is 0 Å². The fraction of sp³-hybridized carbons (Fsp3) is 0.207. The number of hydrazone groups is 1. The second-order valence-corrected chi connectivity index (χ2v) is 8.65. The number of rotatable bonds is 9. The lowest BCUT2D eigenvalue weighted by Gasteiger charge is -2.15. The standard InChI is InChI=1S/C29H31N5O/c1-3-9-27-32-28(20(2)22-10-5-4-6-11-22)26(19-35)34(27)18-21-14-16-23(17-15-21)24-12-7-8-13-25(24)29(30)33-31/h4-6,8,10-11,13-17,19H,2-3,7,9,12,18,31H2,1H3,(H2,30,33)/p+1. The number of aromatic nitrogens is 2. The Bertz CT molecular complexity index is 1310. The van der Waals surface area contributed by atoms with Gasteiger partial charge in [-0.3, -0.25) is 16.4 Å². The largest absolute Gasteiger partial charge is 0.321 e. The summed E-state index contributed by atoms with van der Waals surface area (Å²) in [4.78, 5) is 17.1. The fourth-order valence-corrected chi connectivity index (χ4v) is 4.51. The van der Waals surface area contributed by atoms with Crippen LogP contribution in [0.15, 0.2) is 78.9 Å². The summed E-state index contributed by atoms with van der Waals surface area (Å²) < 4.78 is 2.02. The lowest BCUT2D eigenvalue weighted by atomic mass is 9.90. The molecule has 4 rings (SSSR count). The summed E-state index contributed by atoms with van der Waals surface area (Å²) in [6.45, 7) is 6.92. The average molecular weight is 467 g/mol. The number of carbonyl (C=O) groups is 1. The summed E-state index contributed by atoms with van der Waals surface area (Å²) in [6, 6.07) is 18.3. The van der Waals surface area contributed by atoms with Crippen molar-refractivity contribution >= 4 is 23.3 Å². The smallest absolute Gasteiger partial charge is 0.295 e. The summed E-state index contributed by atoms with van der Waals surface area (Å²) in [5.41, 5.74) is 13.3. The number of benzene rings is 2. The van der Waals surface area contributed by atoms with Crippen LogP contribution in [0.2, 0.25) is 0 Å². The van der Waals surface area contributed by atoms with E-state index in [1.807, 2.05) is 41.0 Å². The Hall–Kier alpha value is -4.19. The Kier molecular flexibility index (Phi) is 7.41. The lowest BCUT2D eigenvalue weighted by Crippen LogP contribution is -2.82. The van der Waals surface area contributed by atoms with Gasteiger partial charge in [0, 0.05) is 18.5 Å². The number of hydrazine groups is 1. The zero-order chi connectivity index (χ0) is 24.8. The molecule has 0 saturated heterocycles. The minimum absolute atomic E-state index is 0.462. The van der Waals surface area contributed by atoms with Gasteiger partial charge in [0.1, 0.15) is 11.5 Å². The highest BCUT2D eigenvalue weighted by Gasteiger charge is 2.20. The second-order valence-electron chi connectivity index (χ2n) is 8.65. The normalized spacial score (nSPS) is 13.8. The van der Waals surface area contributed by atoms with Crippen LogP contribution in [0.1, 0.15) is 64.9 Å². The summed E-state index contributed by atoms with van der Waals surface area (Å²) in [7, 11) is 0. The van der Waals surface area contributed by atoms with Crippen LogP contribution in [0.3, 0.4) is 0 Å². The van der Waals surface area contributed by atoms with E-state index in [0.717, 1.165) is 65.6 Å². The van der Waals surface area contributed by atoms with E-state index >= 15 is 0 Å². The van der Waals surface area contributed by atoms with E-state index in [-0.39, 0.29) is 0 Å². The van der Waals surface area contributed by atoms with Crippen molar-refractivity contribution in [3.05, 3.63) is 113 Å². The van der Waals surface area contributed by atoms with Crippen molar-refractivity contribution in [1.82, 2.24) is 9.55 Å². The number of nitrogens with two attached hydrogens (primary N) is 2. The van der Waals surface area contributed by atoms with E-state index in [2.05, 4.69) is 48.9 Å². The number of hydrogen-bond donors (Lipinski definition) is 3. The molecule has 0 saturated carbocycles. The van der Waals surface area contributed by atoms with E-state index in [4.69, 9.17) is 16.6 Å². The van der Waals surface area contributed by atoms with Crippen molar-refractivity contribution in [2.45, 2.75) is 39.2 Å². The van der Waals surface area contributed by atoms with Gasteiger partial charge in [0.25, 0.3) is 5.84 Å². The average Bonchev–Trinajstić information content (AvgIpc) is 3.25.